The van der Waals surface area contributed by atoms with Crippen LogP contribution in [0.25, 0.3) is 10.9 Å². The molecule has 2 aromatic rings. The van der Waals surface area contributed by atoms with E-state index in [9.17, 15) is 4.79 Å². The van der Waals surface area contributed by atoms with Gasteiger partial charge in [-0.3, -0.25) is 4.79 Å². The molecule has 3 rings (SSSR count). The number of carbonyl (C=O) groups is 1. The minimum absolute atomic E-state index is 0.109. The molecule has 0 bridgehead atoms. The quantitative estimate of drug-likeness (QED) is 0.888. The summed E-state index contributed by atoms with van der Waals surface area (Å²) in [6.07, 6.45) is 6.68. The molecular weight excluding hydrogens is 310 g/mol. The van der Waals surface area contributed by atoms with Crippen LogP contribution in [0.4, 0.5) is 0 Å². The third kappa shape index (κ3) is 3.90. The summed E-state index contributed by atoms with van der Waals surface area (Å²) in [4.78, 5) is 20.5. The molecule has 4 nitrogen and oxygen atoms in total. The molecule has 1 heterocycles. The Hall–Kier alpha value is -1.81. The molecule has 0 atom stereocenters. The highest BCUT2D eigenvalue weighted by Gasteiger charge is 2.19. The zero-order valence-corrected chi connectivity index (χ0v) is 16.1. The van der Waals surface area contributed by atoms with Crippen molar-refractivity contribution in [2.45, 2.75) is 52.0 Å². The van der Waals surface area contributed by atoms with E-state index in [2.05, 4.69) is 30.8 Å². The van der Waals surface area contributed by atoms with Gasteiger partial charge in [0, 0.05) is 48.3 Å². The van der Waals surface area contributed by atoms with Crippen molar-refractivity contribution in [2.75, 3.05) is 27.2 Å². The second-order valence-electron chi connectivity index (χ2n) is 7.63. The number of benzene rings is 1. The lowest BCUT2D eigenvalue weighted by atomic mass is 9.94. The first-order valence-corrected chi connectivity index (χ1v) is 9.52. The van der Waals surface area contributed by atoms with Crippen LogP contribution in [0, 0.1) is 13.8 Å². The smallest absolute Gasteiger partial charge is 0.253 e. The second kappa shape index (κ2) is 7.61. The molecule has 0 aliphatic heterocycles. The molecule has 4 heteroatoms. The predicted molar refractivity (Wildman–Crippen MR) is 104 cm³/mol. The summed E-state index contributed by atoms with van der Waals surface area (Å²) in [7, 11) is 4.11. The highest BCUT2D eigenvalue weighted by atomic mass is 16.2. The normalized spacial score (nSPS) is 15.9. The number of likely N-dealkylation sites (N-methyl/N-ethyl adjacent to an activating group) is 2. The predicted octanol–water partition coefficient (Wildman–Crippen LogP) is 4.12. The fraction of sp³-hybridized carbons (Fsp3) is 0.571. The lowest BCUT2D eigenvalue weighted by Gasteiger charge is -2.32. The number of fused-ring (bicyclic) bond motifs is 1. The van der Waals surface area contributed by atoms with Crippen molar-refractivity contribution in [2.24, 2.45) is 0 Å². The molecule has 1 amide bonds. The van der Waals surface area contributed by atoms with Gasteiger partial charge in [-0.15, -0.1) is 0 Å². The van der Waals surface area contributed by atoms with Crippen molar-refractivity contribution in [3.05, 3.63) is 35.0 Å². The van der Waals surface area contributed by atoms with Gasteiger partial charge in [-0.25, -0.2) is 0 Å². The van der Waals surface area contributed by atoms with Gasteiger partial charge < -0.3 is 14.8 Å². The lowest BCUT2D eigenvalue weighted by Crippen LogP contribution is -2.40. The Morgan fingerprint density at radius 1 is 1.12 bits per heavy atom. The molecule has 1 aromatic heterocycles. The Balaban J connectivity index is 1.62. The summed E-state index contributed by atoms with van der Waals surface area (Å²) < 4.78 is 0. The first kappa shape index (κ1) is 18.0. The number of H-pyrrole nitrogens is 1. The number of rotatable bonds is 5. The van der Waals surface area contributed by atoms with Gasteiger partial charge in [-0.05, 0) is 57.5 Å². The molecule has 0 radical (unpaired) electrons. The molecule has 1 N–H and O–H groups in total. The minimum atomic E-state index is 0.109. The number of aromatic nitrogens is 1. The summed E-state index contributed by atoms with van der Waals surface area (Å²) in [5, 5.41) is 1.15. The van der Waals surface area contributed by atoms with Crippen LogP contribution in [-0.4, -0.2) is 53.9 Å². The maximum atomic E-state index is 12.8. The van der Waals surface area contributed by atoms with Crippen LogP contribution in [0.5, 0.6) is 0 Å². The molecule has 1 saturated carbocycles. The summed E-state index contributed by atoms with van der Waals surface area (Å²) >= 11 is 0. The van der Waals surface area contributed by atoms with Gasteiger partial charge in [0.15, 0.2) is 0 Å². The van der Waals surface area contributed by atoms with Gasteiger partial charge in [0.2, 0.25) is 0 Å². The van der Waals surface area contributed by atoms with Crippen LogP contribution in [-0.2, 0) is 0 Å². The van der Waals surface area contributed by atoms with E-state index in [0.29, 0.717) is 6.04 Å². The number of aromatic amines is 1. The van der Waals surface area contributed by atoms with Gasteiger partial charge in [0.05, 0.1) is 0 Å². The maximum Gasteiger partial charge on any atom is 0.253 e. The molecule has 1 fully saturated rings. The molecule has 0 saturated heterocycles. The Morgan fingerprint density at radius 3 is 2.56 bits per heavy atom. The number of carbonyl (C=O) groups excluding carboxylic acids is 1. The SMILES string of the molecule is Cc1[nH]c2ccc(C(=O)N(C)CCN(C)C3CCCCC3)cc2c1C. The number of nitrogens with zero attached hydrogens (tertiary/aromatic N) is 2. The standard InChI is InChI=1S/C21H31N3O/c1-15-16(2)22-20-11-10-17(14-19(15)20)21(25)24(4)13-12-23(3)18-8-6-5-7-9-18/h10-11,14,18,22H,5-9,12-13H2,1-4H3. The second-order valence-corrected chi connectivity index (χ2v) is 7.63. The van der Waals surface area contributed by atoms with E-state index < -0.39 is 0 Å². The molecule has 136 valence electrons. The van der Waals surface area contributed by atoms with E-state index in [1.54, 1.807) is 0 Å². The molecular formula is C21H31N3O. The van der Waals surface area contributed by atoms with Gasteiger partial charge in [-0.1, -0.05) is 19.3 Å². The molecule has 25 heavy (non-hydrogen) atoms. The van der Waals surface area contributed by atoms with E-state index in [1.807, 2.05) is 30.1 Å². The van der Waals surface area contributed by atoms with Gasteiger partial charge >= 0.3 is 0 Å². The van der Waals surface area contributed by atoms with Crippen LogP contribution >= 0.6 is 0 Å². The van der Waals surface area contributed by atoms with Crippen LogP contribution in [0.2, 0.25) is 0 Å². The van der Waals surface area contributed by atoms with Gasteiger partial charge in [-0.2, -0.15) is 0 Å². The van der Waals surface area contributed by atoms with Crippen molar-refractivity contribution < 1.29 is 4.79 Å². The van der Waals surface area contributed by atoms with E-state index in [-0.39, 0.29) is 5.91 Å². The maximum absolute atomic E-state index is 12.8. The summed E-state index contributed by atoms with van der Waals surface area (Å²) in [5.74, 6) is 0.109. The Kier molecular flexibility index (Phi) is 5.48. The van der Waals surface area contributed by atoms with Crippen molar-refractivity contribution in [1.82, 2.24) is 14.8 Å². The Labute approximate surface area is 151 Å². The summed E-state index contributed by atoms with van der Waals surface area (Å²) in [5.41, 5.74) is 4.27. The van der Waals surface area contributed by atoms with Crippen LogP contribution in [0.15, 0.2) is 18.2 Å². The first-order valence-electron chi connectivity index (χ1n) is 9.52. The summed E-state index contributed by atoms with van der Waals surface area (Å²) in [6, 6.07) is 6.67. The number of aryl methyl sites for hydroxylation is 2. The monoisotopic (exact) mass is 341 g/mol. The molecule has 1 aliphatic carbocycles. The van der Waals surface area contributed by atoms with Gasteiger partial charge in [0.25, 0.3) is 5.91 Å². The third-order valence-corrected chi connectivity index (χ3v) is 5.89. The zero-order valence-electron chi connectivity index (χ0n) is 16.1. The van der Waals surface area contributed by atoms with E-state index in [1.165, 1.54) is 43.4 Å². The highest BCUT2D eigenvalue weighted by Crippen LogP contribution is 2.23. The van der Waals surface area contributed by atoms with Crippen molar-refractivity contribution >= 4 is 16.8 Å². The number of hydrogen-bond donors (Lipinski definition) is 1. The molecule has 1 aromatic carbocycles. The van der Waals surface area contributed by atoms with Gasteiger partial charge in [0.1, 0.15) is 0 Å². The van der Waals surface area contributed by atoms with E-state index in [4.69, 9.17) is 0 Å². The fourth-order valence-electron chi connectivity index (χ4n) is 3.93. The topological polar surface area (TPSA) is 39.3 Å². The van der Waals surface area contributed by atoms with Crippen LogP contribution in [0.3, 0.4) is 0 Å². The molecule has 0 spiro atoms. The van der Waals surface area contributed by atoms with Crippen LogP contribution < -0.4 is 0 Å². The zero-order chi connectivity index (χ0) is 18.0. The minimum Gasteiger partial charge on any atom is -0.358 e. The van der Waals surface area contributed by atoms with E-state index >= 15 is 0 Å². The average molecular weight is 341 g/mol. The molecule has 0 unspecified atom stereocenters. The molecule has 1 aliphatic rings. The van der Waals surface area contributed by atoms with Crippen molar-refractivity contribution in [3.8, 4) is 0 Å². The lowest BCUT2D eigenvalue weighted by molar-refractivity contribution is 0.0767. The number of nitrogens with one attached hydrogen (secondary N) is 1. The largest absolute Gasteiger partial charge is 0.358 e. The fourth-order valence-corrected chi connectivity index (χ4v) is 3.93. The first-order chi connectivity index (χ1) is 12.0. The number of hydrogen-bond acceptors (Lipinski definition) is 2. The van der Waals surface area contributed by atoms with E-state index in [0.717, 1.165) is 29.6 Å². The highest BCUT2D eigenvalue weighted by molar-refractivity contribution is 5.98. The Morgan fingerprint density at radius 2 is 1.84 bits per heavy atom. The van der Waals surface area contributed by atoms with Crippen molar-refractivity contribution in [3.63, 3.8) is 0 Å². The number of amides is 1. The third-order valence-electron chi connectivity index (χ3n) is 5.89. The Bertz CT molecular complexity index is 743. The van der Waals surface area contributed by atoms with Crippen molar-refractivity contribution in [1.29, 1.82) is 0 Å². The van der Waals surface area contributed by atoms with Crippen LogP contribution in [0.1, 0.15) is 53.7 Å². The average Bonchev–Trinajstić information content (AvgIpc) is 2.93. The summed E-state index contributed by atoms with van der Waals surface area (Å²) in [6.45, 7) is 5.89.